The molecule has 5 aromatic carbocycles. The van der Waals surface area contributed by atoms with E-state index in [4.69, 9.17) is 8.83 Å². The predicted octanol–water partition coefficient (Wildman–Crippen LogP) is 7.98. The third kappa shape index (κ3) is 2.12. The molecule has 0 aliphatic heterocycles. The summed E-state index contributed by atoms with van der Waals surface area (Å²) in [6, 6.07) is 31.6. The summed E-state index contributed by atoms with van der Waals surface area (Å²) in [5, 5.41) is 7.11. The van der Waals surface area contributed by atoms with Gasteiger partial charge in [-0.1, -0.05) is 60.7 Å². The van der Waals surface area contributed by atoms with Gasteiger partial charge in [0.15, 0.2) is 17.6 Å². The smallest absolute Gasteiger partial charge is 0.181 e. The summed E-state index contributed by atoms with van der Waals surface area (Å²) in [5.74, 6) is 0. The maximum absolute atomic E-state index is 6.58. The molecular weight excluding hydrogens is 408 g/mol. The second-order valence-corrected chi connectivity index (χ2v) is 8.43. The number of hydrogen-bond acceptors (Lipinski definition) is 3. The van der Waals surface area contributed by atoms with E-state index < -0.39 is 0 Å². The van der Waals surface area contributed by atoms with Crippen molar-refractivity contribution in [2.45, 2.75) is 0 Å². The molecule has 0 radical (unpaired) electrons. The topological polar surface area (TPSA) is 44.1 Å². The van der Waals surface area contributed by atoms with E-state index in [1.165, 1.54) is 27.9 Å². The maximum Gasteiger partial charge on any atom is 0.181 e. The summed E-state index contributed by atoms with van der Waals surface area (Å²) >= 11 is 0. The van der Waals surface area contributed by atoms with E-state index in [9.17, 15) is 0 Å². The molecule has 3 aromatic heterocycles. The van der Waals surface area contributed by atoms with Crippen molar-refractivity contribution < 1.29 is 8.83 Å². The van der Waals surface area contributed by atoms with Crippen LogP contribution in [0.25, 0.3) is 71.3 Å². The number of nitrogens with zero attached hydrogens (tertiary/aromatic N) is 2. The standard InChI is InChI=1S/C29H16N2O2/c1-2-8-19-18(7-1)26-20-9-3-5-11-23(20)31(17-13-14-22-25(15-17)32-16-30-22)28(26)29-27(19)21-10-4-6-12-24(21)33-29/h1-16H. The molecule has 0 saturated heterocycles. The molecule has 0 atom stereocenters. The quantitative estimate of drug-likeness (QED) is 0.268. The summed E-state index contributed by atoms with van der Waals surface area (Å²) in [6.07, 6.45) is 1.49. The van der Waals surface area contributed by atoms with E-state index >= 15 is 0 Å². The van der Waals surface area contributed by atoms with Crippen LogP contribution < -0.4 is 0 Å². The molecule has 0 saturated carbocycles. The summed E-state index contributed by atoms with van der Waals surface area (Å²) in [6.45, 7) is 0. The molecule has 0 fully saturated rings. The van der Waals surface area contributed by atoms with E-state index in [2.05, 4.69) is 82.3 Å². The van der Waals surface area contributed by atoms with Crippen molar-refractivity contribution in [3.8, 4) is 5.69 Å². The predicted molar refractivity (Wildman–Crippen MR) is 133 cm³/mol. The minimum absolute atomic E-state index is 0.764. The second kappa shape index (κ2) is 6.02. The highest BCUT2D eigenvalue weighted by atomic mass is 16.3. The van der Waals surface area contributed by atoms with E-state index in [0.717, 1.165) is 49.8 Å². The van der Waals surface area contributed by atoms with Gasteiger partial charge in [-0.25, -0.2) is 4.98 Å². The first-order valence-corrected chi connectivity index (χ1v) is 11.0. The molecule has 0 aliphatic rings. The van der Waals surface area contributed by atoms with Gasteiger partial charge < -0.3 is 13.4 Å². The SMILES string of the molecule is c1ccc2c(c1)oc1c2c2ccccc2c2c3ccccc3n(-c3ccc4ncoc4c3)c12. The van der Waals surface area contributed by atoms with Gasteiger partial charge in [0.05, 0.1) is 16.7 Å². The molecule has 0 bridgehead atoms. The molecule has 8 rings (SSSR count). The Balaban J connectivity index is 1.71. The third-order valence-electron chi connectivity index (χ3n) is 6.72. The van der Waals surface area contributed by atoms with Crippen LogP contribution in [0.4, 0.5) is 0 Å². The van der Waals surface area contributed by atoms with Gasteiger partial charge in [0, 0.05) is 27.6 Å². The van der Waals surface area contributed by atoms with Crippen molar-refractivity contribution in [2.24, 2.45) is 0 Å². The molecule has 0 N–H and O–H groups in total. The molecule has 4 nitrogen and oxygen atoms in total. The molecule has 8 aromatic rings. The van der Waals surface area contributed by atoms with Crippen molar-refractivity contribution in [3.63, 3.8) is 0 Å². The lowest BCUT2D eigenvalue weighted by molar-refractivity contribution is 0.602. The minimum atomic E-state index is 0.764. The van der Waals surface area contributed by atoms with Crippen LogP contribution >= 0.6 is 0 Å². The first-order chi connectivity index (χ1) is 16.4. The number of hydrogen-bond donors (Lipinski definition) is 0. The van der Waals surface area contributed by atoms with Gasteiger partial charge in [-0.15, -0.1) is 0 Å². The molecular formula is C29H16N2O2. The number of para-hydroxylation sites is 2. The number of furan rings is 1. The highest BCUT2D eigenvalue weighted by Gasteiger charge is 2.22. The minimum Gasteiger partial charge on any atom is -0.454 e. The maximum atomic E-state index is 6.58. The molecule has 0 unspecified atom stereocenters. The zero-order valence-corrected chi connectivity index (χ0v) is 17.4. The number of fused-ring (bicyclic) bond motifs is 11. The zero-order chi connectivity index (χ0) is 21.5. The van der Waals surface area contributed by atoms with Gasteiger partial charge in [-0.2, -0.15) is 0 Å². The zero-order valence-electron chi connectivity index (χ0n) is 17.4. The third-order valence-corrected chi connectivity index (χ3v) is 6.72. The number of aromatic nitrogens is 2. The molecule has 0 amide bonds. The van der Waals surface area contributed by atoms with Crippen LogP contribution in [0, 0.1) is 0 Å². The summed E-state index contributed by atoms with van der Waals surface area (Å²) in [7, 11) is 0. The van der Waals surface area contributed by atoms with Crippen molar-refractivity contribution in [3.05, 3.63) is 97.4 Å². The Labute approximate surface area is 187 Å². The van der Waals surface area contributed by atoms with Gasteiger partial charge in [0.1, 0.15) is 11.1 Å². The van der Waals surface area contributed by atoms with Crippen molar-refractivity contribution in [1.29, 1.82) is 0 Å². The van der Waals surface area contributed by atoms with Gasteiger partial charge in [-0.3, -0.25) is 0 Å². The van der Waals surface area contributed by atoms with Crippen LogP contribution in [0.1, 0.15) is 0 Å². The van der Waals surface area contributed by atoms with Crippen LogP contribution in [-0.4, -0.2) is 9.55 Å². The number of rotatable bonds is 1. The molecule has 33 heavy (non-hydrogen) atoms. The van der Waals surface area contributed by atoms with E-state index in [-0.39, 0.29) is 0 Å². The lowest BCUT2D eigenvalue weighted by Gasteiger charge is -2.09. The molecule has 154 valence electrons. The first-order valence-electron chi connectivity index (χ1n) is 11.0. The first kappa shape index (κ1) is 17.0. The van der Waals surface area contributed by atoms with Gasteiger partial charge in [-0.05, 0) is 35.0 Å². The van der Waals surface area contributed by atoms with E-state index in [1.54, 1.807) is 0 Å². The average Bonchev–Trinajstić information content (AvgIpc) is 3.57. The summed E-state index contributed by atoms with van der Waals surface area (Å²) in [4.78, 5) is 4.29. The molecule has 4 heteroatoms. The van der Waals surface area contributed by atoms with Crippen LogP contribution in [0.5, 0.6) is 0 Å². The Morgan fingerprint density at radius 2 is 1.36 bits per heavy atom. The van der Waals surface area contributed by atoms with Crippen molar-refractivity contribution in [2.75, 3.05) is 0 Å². The summed E-state index contributed by atoms with van der Waals surface area (Å²) < 4.78 is 14.5. The fourth-order valence-corrected chi connectivity index (χ4v) is 5.38. The molecule has 0 aliphatic carbocycles. The fraction of sp³-hybridized carbons (Fsp3) is 0. The van der Waals surface area contributed by atoms with Crippen LogP contribution in [0.2, 0.25) is 0 Å². The highest BCUT2D eigenvalue weighted by molar-refractivity contribution is 6.35. The second-order valence-electron chi connectivity index (χ2n) is 8.43. The monoisotopic (exact) mass is 424 g/mol. The lowest BCUT2D eigenvalue weighted by Crippen LogP contribution is -1.94. The highest BCUT2D eigenvalue weighted by Crippen LogP contribution is 2.45. The Morgan fingerprint density at radius 3 is 2.24 bits per heavy atom. The Bertz CT molecular complexity index is 2040. The van der Waals surface area contributed by atoms with E-state index in [0.29, 0.717) is 0 Å². The lowest BCUT2D eigenvalue weighted by atomic mass is 9.99. The Morgan fingerprint density at radius 1 is 0.636 bits per heavy atom. The van der Waals surface area contributed by atoms with Crippen molar-refractivity contribution >= 4 is 65.6 Å². The van der Waals surface area contributed by atoms with Crippen LogP contribution in [0.15, 0.2) is 106 Å². The van der Waals surface area contributed by atoms with Gasteiger partial charge in [0.25, 0.3) is 0 Å². The average molecular weight is 424 g/mol. The van der Waals surface area contributed by atoms with E-state index in [1.807, 2.05) is 18.2 Å². The Kier molecular flexibility index (Phi) is 3.11. The fourth-order valence-electron chi connectivity index (χ4n) is 5.38. The normalized spacial score (nSPS) is 12.2. The van der Waals surface area contributed by atoms with Crippen LogP contribution in [-0.2, 0) is 0 Å². The van der Waals surface area contributed by atoms with Crippen LogP contribution in [0.3, 0.4) is 0 Å². The molecule has 3 heterocycles. The van der Waals surface area contributed by atoms with Gasteiger partial charge >= 0.3 is 0 Å². The largest absolute Gasteiger partial charge is 0.454 e. The van der Waals surface area contributed by atoms with Gasteiger partial charge in [0.2, 0.25) is 0 Å². The summed E-state index contributed by atoms with van der Waals surface area (Å²) in [5.41, 5.74) is 6.62. The van der Waals surface area contributed by atoms with Crippen molar-refractivity contribution in [1.82, 2.24) is 9.55 Å². The number of benzene rings is 5. The Hall–Kier alpha value is -4.57. The number of oxazole rings is 1. The molecule has 0 spiro atoms.